The Kier molecular flexibility index (Phi) is 5.02. The van der Waals surface area contributed by atoms with Gasteiger partial charge in [-0.1, -0.05) is 13.0 Å². The van der Waals surface area contributed by atoms with E-state index < -0.39 is 11.5 Å². The third-order valence-electron chi connectivity index (χ3n) is 5.80. The van der Waals surface area contributed by atoms with Crippen LogP contribution in [0, 0.1) is 0 Å². The molecule has 0 spiro atoms. The lowest BCUT2D eigenvalue weighted by molar-refractivity contribution is 0.0695. The number of nitrogens with zero attached hydrogens (tertiary/aromatic N) is 2. The minimum atomic E-state index is -1.22. The van der Waals surface area contributed by atoms with Crippen molar-refractivity contribution in [2.45, 2.75) is 32.4 Å². The number of likely N-dealkylation sites (tertiary alicyclic amines) is 1. The molecule has 1 aromatic carbocycles. The van der Waals surface area contributed by atoms with Gasteiger partial charge >= 0.3 is 5.97 Å². The average Bonchev–Trinajstić information content (AvgIpc) is 3.24. The number of aromatic carboxylic acids is 1. The van der Waals surface area contributed by atoms with Crippen LogP contribution in [0.1, 0.15) is 35.0 Å². The highest BCUT2D eigenvalue weighted by Crippen LogP contribution is 2.28. The molecule has 0 aliphatic carbocycles. The summed E-state index contributed by atoms with van der Waals surface area (Å²) in [7, 11) is 2.03. The summed E-state index contributed by atoms with van der Waals surface area (Å²) in [5.41, 5.74) is 3.74. The summed E-state index contributed by atoms with van der Waals surface area (Å²) in [5.74, 6) is -1.22. The van der Waals surface area contributed by atoms with E-state index in [0.29, 0.717) is 18.7 Å². The third-order valence-corrected chi connectivity index (χ3v) is 5.80. The number of carboxylic acids is 1. The van der Waals surface area contributed by atoms with Gasteiger partial charge in [-0.15, -0.1) is 0 Å². The lowest BCUT2D eigenvalue weighted by Crippen LogP contribution is -2.22. The minimum absolute atomic E-state index is 0.235. The number of aryl methyl sites for hydroxylation is 2. The summed E-state index contributed by atoms with van der Waals surface area (Å²) in [6, 6.07) is 9.61. The zero-order chi connectivity index (χ0) is 20.7. The van der Waals surface area contributed by atoms with Gasteiger partial charge in [0.15, 0.2) is 0 Å². The molecule has 0 saturated carbocycles. The Morgan fingerprint density at radius 2 is 2.07 bits per heavy atom. The van der Waals surface area contributed by atoms with Gasteiger partial charge in [-0.05, 0) is 48.2 Å². The highest BCUT2D eigenvalue weighted by Gasteiger charge is 2.21. The predicted molar refractivity (Wildman–Crippen MR) is 111 cm³/mol. The van der Waals surface area contributed by atoms with Gasteiger partial charge in [0.1, 0.15) is 5.56 Å². The summed E-state index contributed by atoms with van der Waals surface area (Å²) >= 11 is 0. The fraction of sp³-hybridized carbons (Fsp3) is 0.364. The monoisotopic (exact) mass is 395 g/mol. The molecule has 29 heavy (non-hydrogen) atoms. The number of benzene rings is 1. The van der Waals surface area contributed by atoms with Crippen molar-refractivity contribution in [2.24, 2.45) is 7.05 Å². The van der Waals surface area contributed by atoms with Crippen LogP contribution >= 0.6 is 0 Å². The number of pyridine rings is 1. The molecule has 0 bridgehead atoms. The largest absolute Gasteiger partial charge is 0.477 e. The van der Waals surface area contributed by atoms with E-state index in [1.807, 2.05) is 32.2 Å². The summed E-state index contributed by atoms with van der Waals surface area (Å²) in [6.45, 7) is 4.31. The van der Waals surface area contributed by atoms with Crippen LogP contribution in [0.4, 0.5) is 0 Å². The number of aliphatic hydroxyl groups excluding tert-OH is 1. The van der Waals surface area contributed by atoms with Crippen LogP contribution in [-0.4, -0.2) is 49.8 Å². The predicted octanol–water partition coefficient (Wildman–Crippen LogP) is 2.36. The molecule has 3 aromatic rings. The normalized spacial score (nSPS) is 17.3. The van der Waals surface area contributed by atoms with E-state index in [2.05, 4.69) is 20.5 Å². The number of H-pyrrole nitrogens is 1. The summed E-state index contributed by atoms with van der Waals surface area (Å²) in [4.78, 5) is 28.5. The second kappa shape index (κ2) is 7.50. The molecule has 1 saturated heterocycles. The van der Waals surface area contributed by atoms with Gasteiger partial charge in [-0.2, -0.15) is 0 Å². The molecule has 4 rings (SSSR count). The van der Waals surface area contributed by atoms with Crippen LogP contribution in [0.15, 0.2) is 35.1 Å². The van der Waals surface area contributed by atoms with E-state index in [0.717, 1.165) is 47.2 Å². The van der Waals surface area contributed by atoms with Crippen LogP contribution in [0.2, 0.25) is 0 Å². The summed E-state index contributed by atoms with van der Waals surface area (Å²) in [6.07, 6.45) is 1.18. The Balaban J connectivity index is 1.73. The fourth-order valence-electron chi connectivity index (χ4n) is 4.17. The number of aromatic amines is 1. The molecule has 1 aliphatic heterocycles. The molecule has 0 radical (unpaired) electrons. The quantitative estimate of drug-likeness (QED) is 0.616. The van der Waals surface area contributed by atoms with Gasteiger partial charge < -0.3 is 19.8 Å². The molecule has 7 heteroatoms. The molecule has 2 aromatic heterocycles. The number of aromatic nitrogens is 2. The van der Waals surface area contributed by atoms with Gasteiger partial charge in [-0.25, -0.2) is 4.79 Å². The Bertz CT molecular complexity index is 1140. The number of aliphatic hydroxyl groups is 1. The zero-order valence-corrected chi connectivity index (χ0v) is 16.6. The van der Waals surface area contributed by atoms with Crippen LogP contribution in [0.5, 0.6) is 0 Å². The number of hydrogen-bond acceptors (Lipinski definition) is 4. The van der Waals surface area contributed by atoms with Crippen LogP contribution in [0.25, 0.3) is 22.2 Å². The molecule has 7 nitrogen and oxygen atoms in total. The van der Waals surface area contributed by atoms with Crippen molar-refractivity contribution in [1.29, 1.82) is 0 Å². The van der Waals surface area contributed by atoms with Crippen LogP contribution < -0.4 is 5.56 Å². The first-order chi connectivity index (χ1) is 13.9. The summed E-state index contributed by atoms with van der Waals surface area (Å²) in [5, 5.41) is 20.0. The number of fused-ring (bicyclic) bond motifs is 1. The van der Waals surface area contributed by atoms with Crippen molar-refractivity contribution in [1.82, 2.24) is 14.5 Å². The second-order valence-corrected chi connectivity index (χ2v) is 7.72. The van der Waals surface area contributed by atoms with Crippen molar-refractivity contribution < 1.29 is 15.0 Å². The first-order valence-corrected chi connectivity index (χ1v) is 9.86. The number of carboxylic acid groups (broad SMARTS) is 1. The van der Waals surface area contributed by atoms with Crippen LogP contribution in [-0.2, 0) is 20.0 Å². The second-order valence-electron chi connectivity index (χ2n) is 7.72. The molecular weight excluding hydrogens is 370 g/mol. The van der Waals surface area contributed by atoms with Gasteiger partial charge in [0.2, 0.25) is 0 Å². The van der Waals surface area contributed by atoms with Crippen molar-refractivity contribution in [3.63, 3.8) is 0 Å². The van der Waals surface area contributed by atoms with E-state index >= 15 is 0 Å². The Morgan fingerprint density at radius 3 is 2.72 bits per heavy atom. The van der Waals surface area contributed by atoms with E-state index in [-0.39, 0.29) is 11.7 Å². The number of rotatable bonds is 5. The minimum Gasteiger partial charge on any atom is -0.477 e. The third kappa shape index (κ3) is 3.59. The lowest BCUT2D eigenvalue weighted by atomic mass is 10.0. The van der Waals surface area contributed by atoms with Crippen molar-refractivity contribution in [3.05, 3.63) is 57.5 Å². The molecular formula is C22H25N3O4. The first-order valence-electron chi connectivity index (χ1n) is 9.86. The number of β-amino-alcohol motifs (C(OH)–C–C–N with tert-alkyl or cyclic N) is 1. The van der Waals surface area contributed by atoms with Gasteiger partial charge in [0.25, 0.3) is 5.56 Å². The molecule has 152 valence electrons. The molecule has 1 aliphatic rings. The van der Waals surface area contributed by atoms with Crippen molar-refractivity contribution in [3.8, 4) is 11.3 Å². The van der Waals surface area contributed by atoms with E-state index in [9.17, 15) is 19.8 Å². The molecule has 1 atom stereocenters. The first kappa shape index (κ1) is 19.4. The highest BCUT2D eigenvalue weighted by atomic mass is 16.4. The van der Waals surface area contributed by atoms with Crippen molar-refractivity contribution >= 4 is 16.9 Å². The molecule has 1 unspecified atom stereocenters. The Labute approximate surface area is 168 Å². The SMILES string of the molecule is CCc1cc(C(=O)O)c(=O)[nH]c1-c1ccc2c(c1)cc(CN1CCC(O)C1)n2C. The highest BCUT2D eigenvalue weighted by molar-refractivity contribution is 5.89. The molecule has 1 fully saturated rings. The van der Waals surface area contributed by atoms with E-state index in [1.54, 1.807) is 0 Å². The van der Waals surface area contributed by atoms with Gasteiger partial charge in [-0.3, -0.25) is 9.69 Å². The molecule has 3 N–H and O–H groups in total. The smallest absolute Gasteiger partial charge is 0.341 e. The maximum atomic E-state index is 12.2. The fourth-order valence-corrected chi connectivity index (χ4v) is 4.17. The topological polar surface area (TPSA) is 98.6 Å². The maximum absolute atomic E-state index is 12.2. The van der Waals surface area contributed by atoms with Crippen molar-refractivity contribution in [2.75, 3.05) is 13.1 Å². The van der Waals surface area contributed by atoms with Crippen LogP contribution in [0.3, 0.4) is 0 Å². The Hall–Kier alpha value is -2.90. The van der Waals surface area contributed by atoms with E-state index in [1.165, 1.54) is 6.07 Å². The standard InChI is InChI=1S/C22H25N3O4/c1-3-13-10-18(22(28)29)21(27)23-20(13)14-4-5-19-15(8-14)9-16(24(19)2)11-25-7-6-17(26)12-25/h4-5,8-10,17,26H,3,6-7,11-12H2,1-2H3,(H,23,27)(H,28,29). The van der Waals surface area contributed by atoms with Gasteiger partial charge in [0, 0.05) is 43.3 Å². The Morgan fingerprint density at radius 1 is 1.28 bits per heavy atom. The lowest BCUT2D eigenvalue weighted by Gasteiger charge is -2.15. The van der Waals surface area contributed by atoms with Gasteiger partial charge in [0.05, 0.1) is 11.8 Å². The number of carbonyl (C=O) groups is 1. The zero-order valence-electron chi connectivity index (χ0n) is 16.6. The molecule has 3 heterocycles. The average molecular weight is 395 g/mol. The summed E-state index contributed by atoms with van der Waals surface area (Å²) < 4.78 is 2.15. The van der Waals surface area contributed by atoms with E-state index in [4.69, 9.17) is 0 Å². The molecule has 0 amide bonds. The number of nitrogens with one attached hydrogen (secondary N) is 1. The maximum Gasteiger partial charge on any atom is 0.341 e. The number of hydrogen-bond donors (Lipinski definition) is 3.